The van der Waals surface area contributed by atoms with E-state index < -0.39 is 34.6 Å². The highest BCUT2D eigenvalue weighted by molar-refractivity contribution is 9.10. The van der Waals surface area contributed by atoms with Crippen molar-refractivity contribution in [3.63, 3.8) is 0 Å². The SMILES string of the molecule is Cc1cc(Br)c(NC(=O)C(F)(F)C(F)F)cc1[N+](=O)[O-]. The van der Waals surface area contributed by atoms with E-state index in [9.17, 15) is 32.5 Å². The predicted octanol–water partition coefficient (Wildman–Crippen LogP) is 3.50. The molecule has 1 aromatic rings. The van der Waals surface area contributed by atoms with Gasteiger partial charge in [-0.1, -0.05) is 0 Å². The molecule has 1 rings (SSSR count). The molecule has 0 unspecified atom stereocenters. The zero-order valence-corrected chi connectivity index (χ0v) is 11.4. The van der Waals surface area contributed by atoms with Crippen molar-refractivity contribution < 1.29 is 27.3 Å². The number of nitrogens with zero attached hydrogens (tertiary/aromatic N) is 1. The van der Waals surface area contributed by atoms with Crippen LogP contribution in [0.2, 0.25) is 0 Å². The van der Waals surface area contributed by atoms with Gasteiger partial charge in [0.25, 0.3) is 5.69 Å². The molecule has 0 radical (unpaired) electrons. The van der Waals surface area contributed by atoms with E-state index in [0.717, 1.165) is 6.07 Å². The molecule has 1 aromatic carbocycles. The van der Waals surface area contributed by atoms with Crippen molar-refractivity contribution in [2.75, 3.05) is 5.32 Å². The van der Waals surface area contributed by atoms with Crippen LogP contribution in [0.3, 0.4) is 0 Å². The van der Waals surface area contributed by atoms with E-state index >= 15 is 0 Å². The van der Waals surface area contributed by atoms with Gasteiger partial charge in [0.2, 0.25) is 0 Å². The minimum Gasteiger partial charge on any atom is -0.319 e. The van der Waals surface area contributed by atoms with E-state index in [1.54, 1.807) is 0 Å². The van der Waals surface area contributed by atoms with Gasteiger partial charge in [0.15, 0.2) is 0 Å². The summed E-state index contributed by atoms with van der Waals surface area (Å²) in [7, 11) is 0. The quantitative estimate of drug-likeness (QED) is 0.508. The van der Waals surface area contributed by atoms with Crippen molar-refractivity contribution in [1.82, 2.24) is 0 Å². The summed E-state index contributed by atoms with van der Waals surface area (Å²) >= 11 is 2.89. The second-order valence-corrected chi connectivity index (χ2v) is 4.61. The van der Waals surface area contributed by atoms with Crippen molar-refractivity contribution in [3.05, 3.63) is 32.3 Å². The number of alkyl halides is 4. The number of hydrogen-bond donors (Lipinski definition) is 1. The van der Waals surface area contributed by atoms with Crippen molar-refractivity contribution in [3.8, 4) is 0 Å². The summed E-state index contributed by atoms with van der Waals surface area (Å²) < 4.78 is 49.6. The lowest BCUT2D eigenvalue weighted by Crippen LogP contribution is -2.41. The molecule has 110 valence electrons. The third kappa shape index (κ3) is 3.24. The predicted molar refractivity (Wildman–Crippen MR) is 65.1 cm³/mol. The van der Waals surface area contributed by atoms with Crippen LogP contribution in [0.5, 0.6) is 0 Å². The van der Waals surface area contributed by atoms with Gasteiger partial charge in [0.05, 0.1) is 10.6 Å². The van der Waals surface area contributed by atoms with Crippen LogP contribution in [0.1, 0.15) is 5.56 Å². The number of rotatable bonds is 4. The zero-order valence-electron chi connectivity index (χ0n) is 9.79. The standard InChI is InChI=1S/C10H7BrF4N2O3/c1-4-2-5(11)6(3-7(4)17(19)20)16-9(18)10(14,15)8(12)13/h2-3,8H,1H3,(H,16,18). The molecule has 0 spiro atoms. The summed E-state index contributed by atoms with van der Waals surface area (Å²) in [5.74, 6) is -7.13. The molecule has 5 nitrogen and oxygen atoms in total. The number of carbonyl (C=O) groups is 1. The van der Waals surface area contributed by atoms with E-state index in [-0.39, 0.29) is 10.0 Å². The fourth-order valence-corrected chi connectivity index (χ4v) is 1.82. The first-order valence-corrected chi connectivity index (χ1v) is 5.78. The van der Waals surface area contributed by atoms with Crippen molar-refractivity contribution in [1.29, 1.82) is 0 Å². The van der Waals surface area contributed by atoms with Gasteiger partial charge in [0.1, 0.15) is 0 Å². The van der Waals surface area contributed by atoms with Crippen LogP contribution in [0, 0.1) is 17.0 Å². The van der Waals surface area contributed by atoms with E-state index in [2.05, 4.69) is 15.9 Å². The van der Waals surface area contributed by atoms with E-state index in [4.69, 9.17) is 0 Å². The monoisotopic (exact) mass is 358 g/mol. The van der Waals surface area contributed by atoms with Gasteiger partial charge < -0.3 is 5.32 Å². The van der Waals surface area contributed by atoms with Crippen LogP contribution < -0.4 is 5.32 Å². The van der Waals surface area contributed by atoms with Gasteiger partial charge in [-0.3, -0.25) is 14.9 Å². The molecule has 0 aromatic heterocycles. The fraction of sp³-hybridized carbons (Fsp3) is 0.300. The number of anilines is 1. The molecule has 1 N–H and O–H groups in total. The van der Waals surface area contributed by atoms with Crippen LogP contribution in [0.4, 0.5) is 28.9 Å². The average molecular weight is 359 g/mol. The summed E-state index contributed by atoms with van der Waals surface area (Å²) in [4.78, 5) is 21.0. The lowest BCUT2D eigenvalue weighted by atomic mass is 10.2. The Morgan fingerprint density at radius 1 is 1.45 bits per heavy atom. The molecular formula is C10H7BrF4N2O3. The van der Waals surface area contributed by atoms with Crippen molar-refractivity contribution in [2.24, 2.45) is 0 Å². The number of amides is 1. The van der Waals surface area contributed by atoms with E-state index in [0.29, 0.717) is 0 Å². The first-order chi connectivity index (χ1) is 9.07. The second-order valence-electron chi connectivity index (χ2n) is 3.75. The zero-order chi connectivity index (χ0) is 15.7. The summed E-state index contributed by atoms with van der Waals surface area (Å²) in [5.41, 5.74) is -0.628. The third-order valence-corrected chi connectivity index (χ3v) is 2.96. The minimum absolute atomic E-state index is 0.0546. The van der Waals surface area contributed by atoms with Crippen LogP contribution in [0.25, 0.3) is 0 Å². The normalized spacial score (nSPS) is 11.6. The number of hydrogen-bond acceptors (Lipinski definition) is 3. The molecule has 0 fully saturated rings. The number of nitrogens with one attached hydrogen (secondary N) is 1. The molecule has 0 bridgehead atoms. The first kappa shape index (κ1) is 16.3. The molecule has 0 saturated carbocycles. The van der Waals surface area contributed by atoms with E-state index in [1.807, 2.05) is 0 Å². The first-order valence-electron chi connectivity index (χ1n) is 4.99. The summed E-state index contributed by atoms with van der Waals surface area (Å²) in [6, 6.07) is 2.01. The molecule has 20 heavy (non-hydrogen) atoms. The van der Waals surface area contributed by atoms with Crippen LogP contribution >= 0.6 is 15.9 Å². The Labute approximate surface area is 118 Å². The number of nitro benzene ring substituents is 1. The fourth-order valence-electron chi connectivity index (χ4n) is 1.26. The maximum absolute atomic E-state index is 12.8. The maximum atomic E-state index is 12.8. The molecular weight excluding hydrogens is 352 g/mol. The second kappa shape index (κ2) is 5.73. The summed E-state index contributed by atoms with van der Waals surface area (Å²) in [5, 5.41) is 12.2. The van der Waals surface area contributed by atoms with Gasteiger partial charge in [-0.05, 0) is 28.9 Å². The number of halogens is 5. The van der Waals surface area contributed by atoms with Gasteiger partial charge in [-0.2, -0.15) is 8.78 Å². The Bertz CT molecular complexity index is 566. The Morgan fingerprint density at radius 3 is 2.45 bits per heavy atom. The van der Waals surface area contributed by atoms with E-state index in [1.165, 1.54) is 18.3 Å². The molecule has 0 saturated heterocycles. The molecule has 10 heteroatoms. The third-order valence-electron chi connectivity index (χ3n) is 2.31. The average Bonchev–Trinajstić information content (AvgIpc) is 2.31. The highest BCUT2D eigenvalue weighted by atomic mass is 79.9. The van der Waals surface area contributed by atoms with Gasteiger partial charge in [-0.25, -0.2) is 8.78 Å². The lowest BCUT2D eigenvalue weighted by Gasteiger charge is -2.15. The molecule has 0 aliphatic carbocycles. The van der Waals surface area contributed by atoms with Gasteiger partial charge in [0, 0.05) is 16.1 Å². The topological polar surface area (TPSA) is 72.2 Å². The van der Waals surface area contributed by atoms with Crippen molar-refractivity contribution >= 4 is 33.2 Å². The highest BCUT2D eigenvalue weighted by Crippen LogP contribution is 2.32. The van der Waals surface area contributed by atoms with Crippen LogP contribution in [-0.2, 0) is 4.79 Å². The molecule has 1 amide bonds. The maximum Gasteiger partial charge on any atom is 0.383 e. The Morgan fingerprint density at radius 2 is 2.00 bits per heavy atom. The molecule has 0 atom stereocenters. The van der Waals surface area contributed by atoms with Gasteiger partial charge in [-0.15, -0.1) is 0 Å². The lowest BCUT2D eigenvalue weighted by molar-refractivity contribution is -0.385. The Balaban J connectivity index is 3.13. The Hall–Kier alpha value is -1.71. The number of benzene rings is 1. The van der Waals surface area contributed by atoms with Crippen LogP contribution in [0.15, 0.2) is 16.6 Å². The Kier molecular flexibility index (Phi) is 4.69. The number of aryl methyl sites for hydroxylation is 1. The largest absolute Gasteiger partial charge is 0.383 e. The number of nitro groups is 1. The smallest absolute Gasteiger partial charge is 0.319 e. The summed E-state index contributed by atoms with van der Waals surface area (Å²) in [6.45, 7) is 1.39. The molecule has 0 heterocycles. The summed E-state index contributed by atoms with van der Waals surface area (Å²) in [6.07, 6.45) is -4.18. The molecule has 0 aliphatic rings. The van der Waals surface area contributed by atoms with Crippen molar-refractivity contribution in [2.45, 2.75) is 19.3 Å². The highest BCUT2D eigenvalue weighted by Gasteiger charge is 2.49. The number of carbonyl (C=O) groups excluding carboxylic acids is 1. The van der Waals surface area contributed by atoms with Crippen LogP contribution in [-0.4, -0.2) is 23.2 Å². The molecule has 0 aliphatic heterocycles. The minimum atomic E-state index is -4.89. The van der Waals surface area contributed by atoms with Gasteiger partial charge >= 0.3 is 18.3 Å².